The third-order valence-electron chi connectivity index (χ3n) is 11.4. The van der Waals surface area contributed by atoms with Crippen molar-refractivity contribution in [3.63, 3.8) is 0 Å². The van der Waals surface area contributed by atoms with Crippen molar-refractivity contribution in [1.29, 1.82) is 0 Å². The number of fused-ring (bicyclic) bond motifs is 3. The molecule has 13 heteroatoms. The van der Waals surface area contributed by atoms with E-state index in [1.54, 1.807) is 36.5 Å². The van der Waals surface area contributed by atoms with Crippen LogP contribution in [0.4, 0.5) is 0 Å². The molecule has 2 N–H and O–H groups in total. The molecule has 3 saturated carbocycles. The van der Waals surface area contributed by atoms with Crippen molar-refractivity contribution in [3.05, 3.63) is 57.2 Å². The average molecular weight is 765 g/mol. The van der Waals surface area contributed by atoms with Gasteiger partial charge in [-0.2, -0.15) is 0 Å². The number of carbonyl (C=O) groups is 3. The number of thiazole rings is 1. The van der Waals surface area contributed by atoms with Gasteiger partial charge in [0.2, 0.25) is 21.8 Å². The Morgan fingerprint density at radius 2 is 1.87 bits per heavy atom. The second-order valence-electron chi connectivity index (χ2n) is 15.4. The van der Waals surface area contributed by atoms with E-state index in [9.17, 15) is 27.6 Å². The molecular weight excluding hydrogens is 713 g/mol. The number of allylic oxidation sites excluding steroid dienone is 2. The molecule has 3 fully saturated rings. The summed E-state index contributed by atoms with van der Waals surface area (Å²) < 4.78 is 32.4. The number of amides is 2. The van der Waals surface area contributed by atoms with Crippen molar-refractivity contribution in [1.82, 2.24) is 19.6 Å². The molecule has 11 nitrogen and oxygen atoms in total. The highest BCUT2D eigenvalue weighted by Crippen LogP contribution is 2.58. The van der Waals surface area contributed by atoms with E-state index in [2.05, 4.69) is 40.8 Å². The van der Waals surface area contributed by atoms with E-state index in [1.807, 2.05) is 24.3 Å². The summed E-state index contributed by atoms with van der Waals surface area (Å²) in [5.74, 6) is -0.189. The molecule has 3 aliphatic carbocycles. The highest BCUT2D eigenvalue weighted by Gasteiger charge is 2.61. The zero-order valence-electron chi connectivity index (χ0n) is 31.4. The normalized spacial score (nSPS) is 25.5. The first-order valence-electron chi connectivity index (χ1n) is 19.0. The summed E-state index contributed by atoms with van der Waals surface area (Å²) in [4.78, 5) is 61.5. The standard InChI is InChI=1S/C22H32N2O5S.C18H20N2O2S/c1-24-12-5-3-2-4-7-15-13-22(15,21(27)23-30(28,29)16-10-11-16)14-19(25)17-8-6-9-18(17)20(24)26;1-5-11-16(22-4)7-6-12-15(21)8-13(19-17(11)12)18-20-14(9-23-18)10(2)3/h4,7,15-18H,2-3,5-6,8-14H2,1H3,(H,23,27);6-10H,5H2,1-4H3,(H,19,21)/b7-4-;/t15?,17-,18?,22-;/m1./s1. The van der Waals surface area contributed by atoms with Gasteiger partial charge in [0.05, 0.1) is 34.7 Å². The number of sulfonamides is 1. The maximum absolute atomic E-state index is 13.3. The van der Waals surface area contributed by atoms with Crippen LogP contribution in [-0.2, 0) is 30.8 Å². The van der Waals surface area contributed by atoms with Crippen molar-refractivity contribution in [2.45, 2.75) is 103 Å². The Labute approximate surface area is 316 Å². The first kappa shape index (κ1) is 38.9. The van der Waals surface area contributed by atoms with Gasteiger partial charge >= 0.3 is 0 Å². The number of carbonyl (C=O) groups excluding carboxylic acids is 3. The van der Waals surface area contributed by atoms with E-state index in [4.69, 9.17) is 4.74 Å². The van der Waals surface area contributed by atoms with E-state index in [-0.39, 0.29) is 41.3 Å². The third-order valence-corrected chi connectivity index (χ3v) is 14.1. The molecule has 1 aromatic carbocycles. The SMILES string of the molecule is CCc1c(OC)ccc2c(=O)cc(-c3nc(C(C)C)cs3)[nH]c12.CN1CCCC/C=C\C2C[C@@]2(C(=O)NS(=O)(=O)C2CC2)CC(=O)[C@@H]2CCCC2C1=O. The molecule has 2 unspecified atom stereocenters. The minimum absolute atomic E-state index is 0.00685. The number of aromatic amines is 1. The van der Waals surface area contributed by atoms with Crippen LogP contribution in [0.5, 0.6) is 5.75 Å². The molecule has 2 aromatic heterocycles. The minimum Gasteiger partial charge on any atom is -0.496 e. The van der Waals surface area contributed by atoms with Gasteiger partial charge in [0.25, 0.3) is 0 Å². The zero-order chi connectivity index (χ0) is 38.1. The molecular formula is C40H52N4O7S2. The van der Waals surface area contributed by atoms with Crippen LogP contribution in [0, 0.1) is 23.2 Å². The molecule has 1 aliphatic heterocycles. The molecule has 4 aliphatic rings. The predicted octanol–water partition coefficient (Wildman–Crippen LogP) is 6.52. The van der Waals surface area contributed by atoms with Crippen molar-refractivity contribution < 1.29 is 27.5 Å². The number of Topliss-reactive ketones (excluding diaryl/α,β-unsaturated/α-hetero) is 1. The lowest BCUT2D eigenvalue weighted by atomic mass is 9.84. The van der Waals surface area contributed by atoms with Gasteiger partial charge in [-0.05, 0) is 81.8 Å². The smallest absolute Gasteiger partial charge is 0.240 e. The van der Waals surface area contributed by atoms with Crippen molar-refractivity contribution in [3.8, 4) is 16.5 Å². The summed E-state index contributed by atoms with van der Waals surface area (Å²) in [7, 11) is -0.200. The number of aromatic nitrogens is 2. The molecule has 0 bridgehead atoms. The number of ether oxygens (including phenoxy) is 1. The van der Waals surface area contributed by atoms with Crippen LogP contribution in [0.25, 0.3) is 21.6 Å². The minimum atomic E-state index is -3.65. The number of benzene rings is 1. The number of methoxy groups -OCH3 is 1. The Hall–Kier alpha value is -3.84. The van der Waals surface area contributed by atoms with E-state index in [1.165, 1.54) is 0 Å². The number of H-pyrrole nitrogens is 1. The fourth-order valence-electron chi connectivity index (χ4n) is 7.86. The maximum Gasteiger partial charge on any atom is 0.240 e. The van der Waals surface area contributed by atoms with Gasteiger partial charge < -0.3 is 14.6 Å². The highest BCUT2D eigenvalue weighted by atomic mass is 32.2. The number of hydrogen-bond acceptors (Lipinski definition) is 9. The lowest BCUT2D eigenvalue weighted by Gasteiger charge is -2.26. The molecule has 0 spiro atoms. The number of nitrogens with zero attached hydrogens (tertiary/aromatic N) is 2. The lowest BCUT2D eigenvalue weighted by molar-refractivity contribution is -0.140. The quantitative estimate of drug-likeness (QED) is 0.258. The van der Waals surface area contributed by atoms with Crippen molar-refractivity contribution >= 4 is 49.9 Å². The molecule has 0 radical (unpaired) electrons. The summed E-state index contributed by atoms with van der Waals surface area (Å²) in [6.07, 6.45) is 11.4. The van der Waals surface area contributed by atoms with E-state index in [0.717, 1.165) is 65.3 Å². The molecule has 7 rings (SSSR count). The van der Waals surface area contributed by atoms with E-state index >= 15 is 0 Å². The fraction of sp³-hybridized carbons (Fsp3) is 0.575. The predicted molar refractivity (Wildman–Crippen MR) is 207 cm³/mol. The van der Waals surface area contributed by atoms with Gasteiger partial charge in [0.15, 0.2) is 5.43 Å². The van der Waals surface area contributed by atoms with Crippen LogP contribution in [0.2, 0.25) is 0 Å². The van der Waals surface area contributed by atoms with Crippen LogP contribution < -0.4 is 14.9 Å². The Morgan fingerprint density at radius 3 is 2.55 bits per heavy atom. The monoisotopic (exact) mass is 764 g/mol. The van der Waals surface area contributed by atoms with Crippen molar-refractivity contribution in [2.24, 2.45) is 23.2 Å². The summed E-state index contributed by atoms with van der Waals surface area (Å²) in [5.41, 5.74) is 2.70. The summed E-state index contributed by atoms with van der Waals surface area (Å²) in [6, 6.07) is 5.31. The van der Waals surface area contributed by atoms with Crippen LogP contribution in [0.3, 0.4) is 0 Å². The van der Waals surface area contributed by atoms with Crippen LogP contribution in [0.1, 0.15) is 102 Å². The first-order valence-corrected chi connectivity index (χ1v) is 21.4. The largest absolute Gasteiger partial charge is 0.496 e. The van der Waals surface area contributed by atoms with Gasteiger partial charge in [0, 0.05) is 54.2 Å². The second-order valence-corrected chi connectivity index (χ2v) is 18.2. The number of pyridine rings is 1. The fourth-order valence-corrected chi connectivity index (χ4v) is 10.2. The number of ketones is 1. The Bertz CT molecular complexity index is 2070. The van der Waals surface area contributed by atoms with E-state index in [0.29, 0.717) is 50.0 Å². The summed E-state index contributed by atoms with van der Waals surface area (Å²) >= 11 is 1.56. The summed E-state index contributed by atoms with van der Waals surface area (Å²) in [5, 5.41) is 3.10. The number of hydrogen-bond donors (Lipinski definition) is 2. The second kappa shape index (κ2) is 15.9. The molecule has 4 atom stereocenters. The molecule has 53 heavy (non-hydrogen) atoms. The highest BCUT2D eigenvalue weighted by molar-refractivity contribution is 7.90. The summed E-state index contributed by atoms with van der Waals surface area (Å²) in [6.45, 7) is 6.98. The third kappa shape index (κ3) is 8.30. The van der Waals surface area contributed by atoms with Gasteiger partial charge in [-0.1, -0.05) is 39.3 Å². The van der Waals surface area contributed by atoms with Crippen molar-refractivity contribution in [2.75, 3.05) is 20.7 Å². The van der Waals surface area contributed by atoms with Gasteiger partial charge in [-0.15, -0.1) is 11.3 Å². The topological polar surface area (TPSA) is 156 Å². The van der Waals surface area contributed by atoms with Gasteiger partial charge in [-0.25, -0.2) is 13.4 Å². The first-order chi connectivity index (χ1) is 25.3. The number of nitrogens with one attached hydrogen (secondary N) is 2. The average Bonchev–Trinajstić information content (AvgIpc) is 3.98. The number of rotatable bonds is 7. The number of aryl methyl sites for hydroxylation is 1. The zero-order valence-corrected chi connectivity index (χ0v) is 33.0. The van der Waals surface area contributed by atoms with Crippen LogP contribution in [-0.4, -0.2) is 66.8 Å². The molecule has 286 valence electrons. The maximum atomic E-state index is 13.3. The van der Waals surface area contributed by atoms with Gasteiger partial charge in [-0.3, -0.25) is 23.9 Å². The molecule has 3 aromatic rings. The van der Waals surface area contributed by atoms with Crippen LogP contribution >= 0.6 is 11.3 Å². The Balaban J connectivity index is 0.000000188. The lowest BCUT2D eigenvalue weighted by Crippen LogP contribution is -2.42. The Morgan fingerprint density at radius 1 is 1.11 bits per heavy atom. The van der Waals surface area contributed by atoms with Gasteiger partial charge in [0.1, 0.15) is 16.5 Å². The Kier molecular flexibility index (Phi) is 11.6. The molecule has 2 amide bonds. The molecule has 3 heterocycles. The van der Waals surface area contributed by atoms with Crippen LogP contribution in [0.15, 0.2) is 40.5 Å². The van der Waals surface area contributed by atoms with E-state index < -0.39 is 26.6 Å². The molecule has 0 saturated heterocycles.